The maximum atomic E-state index is 12.0. The van der Waals surface area contributed by atoms with Crippen LogP contribution in [0.15, 0.2) is 40.3 Å². The summed E-state index contributed by atoms with van der Waals surface area (Å²) < 4.78 is 0. The quantitative estimate of drug-likeness (QED) is 0.680. The summed E-state index contributed by atoms with van der Waals surface area (Å²) in [5, 5.41) is 0.562. The number of aromatic amines is 1. The fourth-order valence-corrected chi connectivity index (χ4v) is 3.41. The van der Waals surface area contributed by atoms with Gasteiger partial charge in [0, 0.05) is 12.0 Å². The van der Waals surface area contributed by atoms with Crippen molar-refractivity contribution in [1.29, 1.82) is 0 Å². The number of ketones is 1. The summed E-state index contributed by atoms with van der Waals surface area (Å²) in [6.07, 6.45) is 4.24. The van der Waals surface area contributed by atoms with Crippen LogP contribution in [0.4, 0.5) is 0 Å². The summed E-state index contributed by atoms with van der Waals surface area (Å²) in [4.78, 5) is 31.4. The number of nitrogens with zero attached hydrogens (tertiary/aromatic N) is 1. The molecule has 0 spiro atoms. The highest BCUT2D eigenvalue weighted by molar-refractivity contribution is 7.99. The second-order valence-corrected chi connectivity index (χ2v) is 6.46. The zero-order valence-electron chi connectivity index (χ0n) is 12.3. The highest BCUT2D eigenvalue weighted by atomic mass is 32.2. The van der Waals surface area contributed by atoms with Gasteiger partial charge in [-0.25, -0.2) is 4.98 Å². The molecule has 2 aromatic rings. The first-order chi connectivity index (χ1) is 10.7. The molecular formula is C17H18N2O2S. The Labute approximate surface area is 133 Å². The maximum Gasteiger partial charge on any atom is 0.254 e. The Hall–Kier alpha value is -1.88. The molecule has 1 aliphatic carbocycles. The predicted molar refractivity (Wildman–Crippen MR) is 87.4 cm³/mol. The van der Waals surface area contributed by atoms with Crippen molar-refractivity contribution in [2.75, 3.05) is 5.75 Å². The van der Waals surface area contributed by atoms with Crippen molar-refractivity contribution in [3.05, 3.63) is 57.5 Å². The first kappa shape index (κ1) is 15.0. The van der Waals surface area contributed by atoms with E-state index in [4.69, 9.17) is 0 Å². The lowest BCUT2D eigenvalue weighted by atomic mass is 9.97. The average Bonchev–Trinajstić information content (AvgIpc) is 2.54. The Balaban J connectivity index is 1.63. The van der Waals surface area contributed by atoms with E-state index >= 15 is 0 Å². The van der Waals surface area contributed by atoms with Gasteiger partial charge in [0.1, 0.15) is 5.78 Å². The fraction of sp³-hybridized carbons (Fsp3) is 0.353. The molecular weight excluding hydrogens is 296 g/mol. The third kappa shape index (κ3) is 3.65. The van der Waals surface area contributed by atoms with Gasteiger partial charge < -0.3 is 4.98 Å². The Kier molecular flexibility index (Phi) is 4.73. The Morgan fingerprint density at radius 2 is 1.95 bits per heavy atom. The Morgan fingerprint density at radius 1 is 1.18 bits per heavy atom. The molecule has 0 amide bonds. The number of aryl methyl sites for hydroxylation is 1. The first-order valence-electron chi connectivity index (χ1n) is 7.53. The van der Waals surface area contributed by atoms with Crippen LogP contribution >= 0.6 is 11.8 Å². The zero-order chi connectivity index (χ0) is 15.4. The molecule has 0 saturated carbocycles. The number of hydrogen-bond donors (Lipinski definition) is 1. The molecule has 0 atom stereocenters. The standard InChI is InChI=1S/C17H18N2O2S/c20-13(10-12-6-2-1-3-7-12)11-22-17-18-15-9-5-4-8-14(15)16(21)19-17/h1-3,6-7H,4-5,8-11H2,(H,18,19,21). The molecule has 5 heteroatoms. The number of Topliss-reactive ketones (excluding diaryl/α,β-unsaturated/α-hetero) is 1. The van der Waals surface area contributed by atoms with Crippen LogP contribution in [0, 0.1) is 0 Å². The molecule has 1 aromatic carbocycles. The Morgan fingerprint density at radius 3 is 2.77 bits per heavy atom. The zero-order valence-corrected chi connectivity index (χ0v) is 13.1. The summed E-state index contributed by atoms with van der Waals surface area (Å²) in [6, 6.07) is 9.68. The molecule has 1 heterocycles. The van der Waals surface area contributed by atoms with E-state index in [0.717, 1.165) is 42.5 Å². The summed E-state index contributed by atoms with van der Waals surface area (Å²) in [5.41, 5.74) is 2.71. The van der Waals surface area contributed by atoms with E-state index in [0.29, 0.717) is 17.3 Å². The molecule has 1 aliphatic rings. The summed E-state index contributed by atoms with van der Waals surface area (Å²) >= 11 is 1.32. The Bertz CT molecular complexity index is 725. The van der Waals surface area contributed by atoms with Gasteiger partial charge >= 0.3 is 0 Å². The molecule has 1 N–H and O–H groups in total. The largest absolute Gasteiger partial charge is 0.301 e. The number of H-pyrrole nitrogens is 1. The molecule has 4 nitrogen and oxygen atoms in total. The number of rotatable bonds is 5. The summed E-state index contributed by atoms with van der Waals surface area (Å²) in [6.45, 7) is 0. The molecule has 0 fully saturated rings. The van der Waals surface area contributed by atoms with E-state index in [-0.39, 0.29) is 11.3 Å². The molecule has 3 rings (SSSR count). The smallest absolute Gasteiger partial charge is 0.254 e. The molecule has 22 heavy (non-hydrogen) atoms. The number of carbonyl (C=O) groups excluding carboxylic acids is 1. The van der Waals surface area contributed by atoms with Gasteiger partial charge in [-0.3, -0.25) is 9.59 Å². The van der Waals surface area contributed by atoms with Gasteiger partial charge in [0.05, 0.1) is 11.4 Å². The SMILES string of the molecule is O=C(CSc1nc2c(c(=O)[nH]1)CCCC2)Cc1ccccc1. The van der Waals surface area contributed by atoms with E-state index < -0.39 is 0 Å². The molecule has 0 saturated heterocycles. The van der Waals surface area contributed by atoms with Gasteiger partial charge in [0.25, 0.3) is 5.56 Å². The number of benzene rings is 1. The number of nitrogens with one attached hydrogen (secondary N) is 1. The van der Waals surface area contributed by atoms with Crippen molar-refractivity contribution in [1.82, 2.24) is 9.97 Å². The van der Waals surface area contributed by atoms with Crippen molar-refractivity contribution in [3.8, 4) is 0 Å². The summed E-state index contributed by atoms with van der Waals surface area (Å²) in [5.74, 6) is 0.466. The molecule has 0 aliphatic heterocycles. The minimum Gasteiger partial charge on any atom is -0.301 e. The van der Waals surface area contributed by atoms with E-state index in [1.165, 1.54) is 11.8 Å². The van der Waals surface area contributed by atoms with Gasteiger partial charge in [0.2, 0.25) is 0 Å². The van der Waals surface area contributed by atoms with Crippen LogP contribution in [-0.2, 0) is 24.1 Å². The molecule has 114 valence electrons. The first-order valence-corrected chi connectivity index (χ1v) is 8.51. The summed E-state index contributed by atoms with van der Waals surface area (Å²) in [7, 11) is 0. The number of thioether (sulfide) groups is 1. The highest BCUT2D eigenvalue weighted by Gasteiger charge is 2.16. The van der Waals surface area contributed by atoms with Crippen molar-refractivity contribution in [2.45, 2.75) is 37.3 Å². The lowest BCUT2D eigenvalue weighted by molar-refractivity contribution is -0.116. The van der Waals surface area contributed by atoms with Crippen molar-refractivity contribution in [3.63, 3.8) is 0 Å². The molecule has 0 unspecified atom stereocenters. The molecule has 0 radical (unpaired) electrons. The third-order valence-corrected chi connectivity index (χ3v) is 4.72. The minimum atomic E-state index is -0.0392. The number of aromatic nitrogens is 2. The fourth-order valence-electron chi connectivity index (χ4n) is 2.67. The number of carbonyl (C=O) groups is 1. The molecule has 0 bridgehead atoms. The van der Waals surface area contributed by atoms with Crippen LogP contribution in [0.2, 0.25) is 0 Å². The number of hydrogen-bond acceptors (Lipinski definition) is 4. The van der Waals surface area contributed by atoms with Crippen LogP contribution in [-0.4, -0.2) is 21.5 Å². The second kappa shape index (κ2) is 6.92. The minimum absolute atomic E-state index is 0.0392. The van der Waals surface area contributed by atoms with Gasteiger partial charge in [-0.2, -0.15) is 0 Å². The number of fused-ring (bicyclic) bond motifs is 1. The topological polar surface area (TPSA) is 62.8 Å². The molecule has 1 aromatic heterocycles. The lowest BCUT2D eigenvalue weighted by Crippen LogP contribution is -2.21. The van der Waals surface area contributed by atoms with E-state index in [9.17, 15) is 9.59 Å². The van der Waals surface area contributed by atoms with Crippen molar-refractivity contribution >= 4 is 17.5 Å². The van der Waals surface area contributed by atoms with Crippen LogP contribution < -0.4 is 5.56 Å². The van der Waals surface area contributed by atoms with Gasteiger partial charge in [-0.05, 0) is 31.2 Å². The van der Waals surface area contributed by atoms with Crippen LogP contribution in [0.1, 0.15) is 29.7 Å². The second-order valence-electron chi connectivity index (χ2n) is 5.49. The average molecular weight is 314 g/mol. The van der Waals surface area contributed by atoms with E-state index in [2.05, 4.69) is 9.97 Å². The van der Waals surface area contributed by atoms with E-state index in [1.807, 2.05) is 30.3 Å². The monoisotopic (exact) mass is 314 g/mol. The van der Waals surface area contributed by atoms with Crippen LogP contribution in [0.3, 0.4) is 0 Å². The van der Waals surface area contributed by atoms with Gasteiger partial charge in [0.15, 0.2) is 5.16 Å². The van der Waals surface area contributed by atoms with Gasteiger partial charge in [-0.1, -0.05) is 42.1 Å². The maximum absolute atomic E-state index is 12.0. The van der Waals surface area contributed by atoms with Gasteiger partial charge in [-0.15, -0.1) is 0 Å². The lowest BCUT2D eigenvalue weighted by Gasteiger charge is -2.14. The van der Waals surface area contributed by atoms with Crippen LogP contribution in [0.25, 0.3) is 0 Å². The highest BCUT2D eigenvalue weighted by Crippen LogP contribution is 2.19. The predicted octanol–water partition coefficient (Wildman–Crippen LogP) is 2.55. The van der Waals surface area contributed by atoms with Crippen LogP contribution in [0.5, 0.6) is 0 Å². The van der Waals surface area contributed by atoms with Crippen molar-refractivity contribution in [2.24, 2.45) is 0 Å². The van der Waals surface area contributed by atoms with E-state index in [1.54, 1.807) is 0 Å². The van der Waals surface area contributed by atoms with Crippen molar-refractivity contribution < 1.29 is 4.79 Å². The third-order valence-electron chi connectivity index (χ3n) is 3.78. The normalized spacial score (nSPS) is 13.6.